The fourth-order valence-corrected chi connectivity index (χ4v) is 4.05. The molecule has 0 aliphatic rings. The van der Waals surface area contributed by atoms with E-state index in [0.717, 1.165) is 27.2 Å². The van der Waals surface area contributed by atoms with Crippen molar-refractivity contribution in [2.75, 3.05) is 5.75 Å². The van der Waals surface area contributed by atoms with Crippen molar-refractivity contribution in [1.29, 1.82) is 0 Å². The smallest absolute Gasteiger partial charge is 0.250 e. The van der Waals surface area contributed by atoms with Crippen molar-refractivity contribution in [1.82, 2.24) is 20.2 Å². The number of rotatable bonds is 8. The van der Waals surface area contributed by atoms with Crippen LogP contribution in [-0.4, -0.2) is 32.6 Å². The molecule has 166 valence electrons. The molecular weight excluding hydrogens is 502 g/mol. The predicted octanol–water partition coefficient (Wildman–Crippen LogP) is 5.28. The van der Waals surface area contributed by atoms with E-state index < -0.39 is 0 Å². The molecule has 3 aromatic carbocycles. The Kier molecular flexibility index (Phi) is 7.54. The Hall–Kier alpha value is -3.43. The van der Waals surface area contributed by atoms with E-state index in [1.807, 2.05) is 90.5 Å². The first-order valence-corrected chi connectivity index (χ1v) is 11.8. The van der Waals surface area contributed by atoms with Gasteiger partial charge in [0.15, 0.2) is 11.0 Å². The molecule has 4 aromatic rings. The number of amides is 1. The average Bonchev–Trinajstić information content (AvgIpc) is 3.19. The summed E-state index contributed by atoms with van der Waals surface area (Å²) in [5, 5.41) is 13.1. The number of para-hydroxylation sites is 1. The summed E-state index contributed by atoms with van der Waals surface area (Å²) >= 11 is 4.76. The maximum Gasteiger partial charge on any atom is 0.250 e. The predicted molar refractivity (Wildman–Crippen MR) is 134 cm³/mol. The van der Waals surface area contributed by atoms with Gasteiger partial charge in [-0.15, -0.1) is 10.2 Å². The van der Waals surface area contributed by atoms with Crippen LogP contribution in [0.1, 0.15) is 5.56 Å². The molecule has 0 spiro atoms. The monoisotopic (exact) mass is 521 g/mol. The van der Waals surface area contributed by atoms with Crippen LogP contribution in [0.4, 0.5) is 0 Å². The Morgan fingerprint density at radius 2 is 1.85 bits per heavy atom. The van der Waals surface area contributed by atoms with Gasteiger partial charge in [-0.1, -0.05) is 70.2 Å². The summed E-state index contributed by atoms with van der Waals surface area (Å²) in [6.07, 6.45) is 1.58. The number of aromatic nitrogens is 3. The zero-order valence-corrected chi connectivity index (χ0v) is 20.1. The number of carbonyl (C=O) groups excluding carboxylic acids is 1. The highest BCUT2D eigenvalue weighted by molar-refractivity contribution is 9.10. The Bertz CT molecular complexity index is 1280. The average molecular weight is 522 g/mol. The van der Waals surface area contributed by atoms with Crippen LogP contribution in [0, 0.1) is 0 Å². The minimum atomic E-state index is -0.236. The summed E-state index contributed by atoms with van der Waals surface area (Å²) in [5.74, 6) is 2.10. The van der Waals surface area contributed by atoms with Crippen molar-refractivity contribution in [2.24, 2.45) is 12.1 Å². The number of nitrogens with one attached hydrogen (secondary N) is 1. The summed E-state index contributed by atoms with van der Waals surface area (Å²) in [5.41, 5.74) is 4.29. The molecule has 1 heterocycles. The summed E-state index contributed by atoms with van der Waals surface area (Å²) in [4.78, 5) is 12.2. The molecule has 0 saturated carbocycles. The van der Waals surface area contributed by atoms with E-state index in [1.54, 1.807) is 6.21 Å². The van der Waals surface area contributed by atoms with Crippen molar-refractivity contribution in [3.63, 3.8) is 0 Å². The van der Waals surface area contributed by atoms with E-state index in [9.17, 15) is 4.79 Å². The molecular formula is C24H20BrN5O2S. The number of hydrogen-bond donors (Lipinski definition) is 1. The molecule has 0 unspecified atom stereocenters. The Balaban J connectivity index is 1.30. The molecule has 0 atom stereocenters. The molecule has 0 bridgehead atoms. The van der Waals surface area contributed by atoms with E-state index in [4.69, 9.17) is 4.74 Å². The molecule has 0 saturated heterocycles. The lowest BCUT2D eigenvalue weighted by Gasteiger charge is -2.06. The first-order valence-electron chi connectivity index (χ1n) is 10.0. The van der Waals surface area contributed by atoms with Crippen LogP contribution < -0.4 is 10.2 Å². The first kappa shape index (κ1) is 22.8. The molecule has 0 aliphatic heterocycles. The van der Waals surface area contributed by atoms with Gasteiger partial charge in [0.25, 0.3) is 5.91 Å². The SMILES string of the molecule is Cn1c(SCC(=O)N/N=C/c2cccc(Oc3ccccc3)c2)nnc1-c1cccc(Br)c1. The van der Waals surface area contributed by atoms with Gasteiger partial charge in [-0.2, -0.15) is 5.10 Å². The number of hydrogen-bond acceptors (Lipinski definition) is 6. The molecule has 1 aromatic heterocycles. The van der Waals surface area contributed by atoms with Gasteiger partial charge in [0.1, 0.15) is 11.5 Å². The lowest BCUT2D eigenvalue weighted by molar-refractivity contribution is -0.118. The molecule has 1 N–H and O–H groups in total. The third-order valence-electron chi connectivity index (χ3n) is 4.49. The standard InChI is InChI=1S/C24H20BrN5O2S/c1-30-23(18-8-6-9-19(25)14-18)28-29-24(30)33-16-22(31)27-26-15-17-7-5-12-21(13-17)32-20-10-3-2-4-11-20/h2-15H,16H2,1H3,(H,27,31)/b26-15+. The number of nitrogens with zero attached hydrogens (tertiary/aromatic N) is 4. The van der Waals surface area contributed by atoms with Crippen LogP contribution in [0.25, 0.3) is 11.4 Å². The first-order chi connectivity index (χ1) is 16.1. The number of ether oxygens (including phenoxy) is 1. The van der Waals surface area contributed by atoms with Gasteiger partial charge in [-0.25, -0.2) is 5.43 Å². The van der Waals surface area contributed by atoms with Crippen molar-refractivity contribution in [3.05, 3.63) is 88.9 Å². The Morgan fingerprint density at radius 1 is 1.06 bits per heavy atom. The molecule has 0 aliphatic carbocycles. The molecule has 4 rings (SSSR count). The molecule has 33 heavy (non-hydrogen) atoms. The highest BCUT2D eigenvalue weighted by Crippen LogP contribution is 2.25. The molecule has 7 nitrogen and oxygen atoms in total. The second-order valence-corrected chi connectivity index (χ2v) is 8.80. The second-order valence-electron chi connectivity index (χ2n) is 6.95. The fraction of sp³-hybridized carbons (Fsp3) is 0.0833. The van der Waals surface area contributed by atoms with Gasteiger partial charge in [0.2, 0.25) is 0 Å². The maximum absolute atomic E-state index is 12.2. The summed E-state index contributed by atoms with van der Waals surface area (Å²) in [7, 11) is 1.87. The topological polar surface area (TPSA) is 81.4 Å². The molecule has 0 radical (unpaired) electrons. The largest absolute Gasteiger partial charge is 0.457 e. The summed E-state index contributed by atoms with van der Waals surface area (Å²) in [6, 6.07) is 24.8. The molecule has 1 amide bonds. The second kappa shape index (κ2) is 10.9. The van der Waals surface area contributed by atoms with E-state index in [1.165, 1.54) is 11.8 Å². The number of halogens is 1. The molecule has 9 heteroatoms. The number of carbonyl (C=O) groups is 1. The minimum absolute atomic E-state index is 0.166. The summed E-state index contributed by atoms with van der Waals surface area (Å²) < 4.78 is 8.64. The van der Waals surface area contributed by atoms with E-state index in [2.05, 4.69) is 36.7 Å². The van der Waals surface area contributed by atoms with Gasteiger partial charge >= 0.3 is 0 Å². The van der Waals surface area contributed by atoms with E-state index in [-0.39, 0.29) is 11.7 Å². The number of benzene rings is 3. The van der Waals surface area contributed by atoms with Crippen LogP contribution in [0.5, 0.6) is 11.5 Å². The quantitative estimate of drug-likeness (QED) is 0.194. The van der Waals surface area contributed by atoms with Crippen LogP contribution in [0.3, 0.4) is 0 Å². The zero-order chi connectivity index (χ0) is 23.0. The van der Waals surface area contributed by atoms with Crippen molar-refractivity contribution < 1.29 is 9.53 Å². The summed E-state index contributed by atoms with van der Waals surface area (Å²) in [6.45, 7) is 0. The van der Waals surface area contributed by atoms with E-state index in [0.29, 0.717) is 10.9 Å². The maximum atomic E-state index is 12.2. The van der Waals surface area contributed by atoms with Crippen LogP contribution >= 0.6 is 27.7 Å². The molecule has 0 fully saturated rings. The number of hydrazone groups is 1. The zero-order valence-electron chi connectivity index (χ0n) is 17.7. The fourth-order valence-electron chi connectivity index (χ4n) is 2.94. The third-order valence-corrected chi connectivity index (χ3v) is 6.00. The van der Waals surface area contributed by atoms with Crippen LogP contribution in [0.15, 0.2) is 93.6 Å². The Morgan fingerprint density at radius 3 is 2.67 bits per heavy atom. The van der Waals surface area contributed by atoms with Crippen LogP contribution in [-0.2, 0) is 11.8 Å². The third kappa shape index (κ3) is 6.30. The highest BCUT2D eigenvalue weighted by atomic mass is 79.9. The van der Waals surface area contributed by atoms with Crippen molar-refractivity contribution in [2.45, 2.75) is 5.16 Å². The van der Waals surface area contributed by atoms with Crippen molar-refractivity contribution in [3.8, 4) is 22.9 Å². The van der Waals surface area contributed by atoms with Gasteiger partial charge < -0.3 is 9.30 Å². The normalized spacial score (nSPS) is 11.0. The Labute approximate surface area is 204 Å². The minimum Gasteiger partial charge on any atom is -0.457 e. The highest BCUT2D eigenvalue weighted by Gasteiger charge is 2.13. The van der Waals surface area contributed by atoms with Crippen molar-refractivity contribution >= 4 is 39.8 Å². The number of thioether (sulfide) groups is 1. The van der Waals surface area contributed by atoms with Gasteiger partial charge in [0.05, 0.1) is 12.0 Å². The van der Waals surface area contributed by atoms with Crippen LogP contribution in [0.2, 0.25) is 0 Å². The lowest BCUT2D eigenvalue weighted by atomic mass is 10.2. The van der Waals surface area contributed by atoms with Gasteiger partial charge in [0, 0.05) is 17.1 Å². The lowest BCUT2D eigenvalue weighted by Crippen LogP contribution is -2.19. The van der Waals surface area contributed by atoms with Gasteiger partial charge in [-0.05, 0) is 42.0 Å². The van der Waals surface area contributed by atoms with Gasteiger partial charge in [-0.3, -0.25) is 4.79 Å². The van der Waals surface area contributed by atoms with E-state index >= 15 is 0 Å².